The summed E-state index contributed by atoms with van der Waals surface area (Å²) >= 11 is 0. The van der Waals surface area contributed by atoms with Gasteiger partial charge in [0.05, 0.1) is 0 Å². The summed E-state index contributed by atoms with van der Waals surface area (Å²) in [6.45, 7) is 1.56. The van der Waals surface area contributed by atoms with Crippen LogP contribution in [-0.4, -0.2) is 0 Å². The van der Waals surface area contributed by atoms with Crippen molar-refractivity contribution in [2.45, 2.75) is 13.0 Å². The minimum Gasteiger partial charge on any atom is -0.324 e. The van der Waals surface area contributed by atoms with E-state index in [9.17, 15) is 13.2 Å². The van der Waals surface area contributed by atoms with Crippen LogP contribution in [0, 0.1) is 17.5 Å². The summed E-state index contributed by atoms with van der Waals surface area (Å²) < 4.78 is 37.4. The fourth-order valence-corrected chi connectivity index (χ4v) is 0.838. The average molecular weight is 175 g/mol. The van der Waals surface area contributed by atoms with Crippen molar-refractivity contribution in [3.63, 3.8) is 0 Å². The third-order valence-corrected chi connectivity index (χ3v) is 1.53. The molecule has 1 aromatic rings. The molecule has 1 aromatic carbocycles. The van der Waals surface area contributed by atoms with Crippen LogP contribution < -0.4 is 5.73 Å². The Morgan fingerprint density at radius 1 is 1.17 bits per heavy atom. The fourth-order valence-electron chi connectivity index (χ4n) is 0.838. The second kappa shape index (κ2) is 3.15. The molecule has 12 heavy (non-hydrogen) atoms. The van der Waals surface area contributed by atoms with Crippen LogP contribution in [0.5, 0.6) is 0 Å². The lowest BCUT2D eigenvalue weighted by Crippen LogP contribution is -2.07. The molecule has 0 aliphatic carbocycles. The predicted octanol–water partition coefficient (Wildman–Crippen LogP) is 2.12. The maximum absolute atomic E-state index is 12.5. The lowest BCUT2D eigenvalue weighted by Gasteiger charge is -2.05. The van der Waals surface area contributed by atoms with E-state index in [1.165, 1.54) is 0 Å². The van der Waals surface area contributed by atoms with Gasteiger partial charge in [-0.15, -0.1) is 0 Å². The van der Waals surface area contributed by atoms with Crippen LogP contribution in [0.4, 0.5) is 13.2 Å². The highest BCUT2D eigenvalue weighted by Crippen LogP contribution is 2.17. The Balaban J connectivity index is 3.21. The SMILES string of the molecule is CC(N)c1cc(F)c(F)c(F)c1. The molecule has 0 heterocycles. The zero-order chi connectivity index (χ0) is 9.30. The molecule has 0 spiro atoms. The number of halogens is 3. The van der Waals surface area contributed by atoms with E-state index in [0.29, 0.717) is 0 Å². The summed E-state index contributed by atoms with van der Waals surface area (Å²) in [6.07, 6.45) is 0. The third kappa shape index (κ3) is 1.58. The van der Waals surface area contributed by atoms with Crippen molar-refractivity contribution in [1.82, 2.24) is 0 Å². The Kier molecular flexibility index (Phi) is 2.38. The van der Waals surface area contributed by atoms with E-state index in [4.69, 9.17) is 5.73 Å². The van der Waals surface area contributed by atoms with Gasteiger partial charge in [0.15, 0.2) is 17.5 Å². The predicted molar refractivity (Wildman–Crippen MR) is 38.9 cm³/mol. The molecule has 1 unspecified atom stereocenters. The van der Waals surface area contributed by atoms with Crippen LogP contribution in [0.3, 0.4) is 0 Å². The van der Waals surface area contributed by atoms with Crippen LogP contribution in [0.25, 0.3) is 0 Å². The van der Waals surface area contributed by atoms with Crippen LogP contribution >= 0.6 is 0 Å². The molecule has 2 N–H and O–H groups in total. The van der Waals surface area contributed by atoms with Gasteiger partial charge in [0.1, 0.15) is 0 Å². The molecule has 1 rings (SSSR count). The van der Waals surface area contributed by atoms with Gasteiger partial charge >= 0.3 is 0 Å². The van der Waals surface area contributed by atoms with Crippen LogP contribution in [-0.2, 0) is 0 Å². The van der Waals surface area contributed by atoms with Gasteiger partial charge in [0, 0.05) is 6.04 Å². The van der Waals surface area contributed by atoms with Crippen molar-refractivity contribution in [3.05, 3.63) is 35.1 Å². The molecule has 0 aromatic heterocycles. The van der Waals surface area contributed by atoms with Crippen molar-refractivity contribution in [2.24, 2.45) is 5.73 Å². The van der Waals surface area contributed by atoms with Gasteiger partial charge in [-0.1, -0.05) is 0 Å². The first-order chi connectivity index (χ1) is 5.52. The fraction of sp³-hybridized carbons (Fsp3) is 0.250. The normalized spacial score (nSPS) is 13.1. The molecule has 4 heteroatoms. The molecule has 0 amide bonds. The molecule has 66 valence electrons. The first kappa shape index (κ1) is 9.06. The van der Waals surface area contributed by atoms with Crippen molar-refractivity contribution < 1.29 is 13.2 Å². The number of hydrogen-bond acceptors (Lipinski definition) is 1. The Morgan fingerprint density at radius 3 is 1.92 bits per heavy atom. The highest BCUT2D eigenvalue weighted by molar-refractivity contribution is 5.21. The summed E-state index contributed by atoms with van der Waals surface area (Å²) in [4.78, 5) is 0. The second-order valence-electron chi connectivity index (χ2n) is 2.59. The molecule has 0 aliphatic rings. The molecule has 0 fully saturated rings. The lowest BCUT2D eigenvalue weighted by molar-refractivity contribution is 0.444. The maximum atomic E-state index is 12.5. The Labute approximate surface area is 68.0 Å². The molecule has 0 bridgehead atoms. The van der Waals surface area contributed by atoms with E-state index in [-0.39, 0.29) is 5.56 Å². The van der Waals surface area contributed by atoms with Crippen LogP contribution in [0.15, 0.2) is 12.1 Å². The van der Waals surface area contributed by atoms with Crippen LogP contribution in [0.1, 0.15) is 18.5 Å². The average Bonchev–Trinajstić information content (AvgIpc) is 1.99. The summed E-state index contributed by atoms with van der Waals surface area (Å²) in [5.74, 6) is -3.87. The van der Waals surface area contributed by atoms with Gasteiger partial charge in [-0.2, -0.15) is 0 Å². The Hall–Kier alpha value is -1.03. The smallest absolute Gasteiger partial charge is 0.194 e. The van der Waals surface area contributed by atoms with E-state index < -0.39 is 23.5 Å². The largest absolute Gasteiger partial charge is 0.324 e. The number of rotatable bonds is 1. The van der Waals surface area contributed by atoms with Crippen molar-refractivity contribution in [2.75, 3.05) is 0 Å². The molecular weight excluding hydrogens is 167 g/mol. The number of hydrogen-bond donors (Lipinski definition) is 1. The summed E-state index contributed by atoms with van der Waals surface area (Å²) in [6, 6.07) is 1.28. The number of benzene rings is 1. The molecular formula is C8H8F3N. The topological polar surface area (TPSA) is 26.0 Å². The molecule has 0 aliphatic heterocycles. The summed E-state index contributed by atoms with van der Waals surface area (Å²) in [5, 5.41) is 0. The molecule has 0 saturated carbocycles. The minimum atomic E-state index is -1.46. The van der Waals surface area contributed by atoms with Crippen LogP contribution in [0.2, 0.25) is 0 Å². The summed E-state index contributed by atoms with van der Waals surface area (Å²) in [5.41, 5.74) is 5.59. The van der Waals surface area contributed by atoms with Gasteiger partial charge in [-0.05, 0) is 24.6 Å². The first-order valence-corrected chi connectivity index (χ1v) is 3.42. The zero-order valence-electron chi connectivity index (χ0n) is 6.44. The monoisotopic (exact) mass is 175 g/mol. The van der Waals surface area contributed by atoms with E-state index in [0.717, 1.165) is 12.1 Å². The van der Waals surface area contributed by atoms with E-state index in [1.54, 1.807) is 6.92 Å². The van der Waals surface area contributed by atoms with Gasteiger partial charge in [-0.25, -0.2) is 13.2 Å². The van der Waals surface area contributed by atoms with Gasteiger partial charge in [0.2, 0.25) is 0 Å². The standard InChI is InChI=1S/C8H8F3N/c1-4(12)5-2-6(9)8(11)7(10)3-5/h2-4H,12H2,1H3. The van der Waals surface area contributed by atoms with Crippen molar-refractivity contribution in [3.8, 4) is 0 Å². The van der Waals surface area contributed by atoms with Crippen molar-refractivity contribution >= 4 is 0 Å². The molecule has 1 atom stereocenters. The molecule has 0 radical (unpaired) electrons. The first-order valence-electron chi connectivity index (χ1n) is 3.42. The zero-order valence-corrected chi connectivity index (χ0v) is 6.44. The number of nitrogens with two attached hydrogens (primary N) is 1. The van der Waals surface area contributed by atoms with E-state index in [1.807, 2.05) is 0 Å². The Bertz CT molecular complexity index is 273. The molecule has 1 nitrogen and oxygen atoms in total. The third-order valence-electron chi connectivity index (χ3n) is 1.53. The Morgan fingerprint density at radius 2 is 1.58 bits per heavy atom. The highest BCUT2D eigenvalue weighted by Gasteiger charge is 2.11. The lowest BCUT2D eigenvalue weighted by atomic mass is 10.1. The second-order valence-corrected chi connectivity index (χ2v) is 2.59. The van der Waals surface area contributed by atoms with E-state index in [2.05, 4.69) is 0 Å². The minimum absolute atomic E-state index is 0.242. The summed E-state index contributed by atoms with van der Waals surface area (Å²) in [7, 11) is 0. The van der Waals surface area contributed by atoms with Gasteiger partial charge < -0.3 is 5.73 Å². The van der Waals surface area contributed by atoms with E-state index >= 15 is 0 Å². The highest BCUT2D eigenvalue weighted by atomic mass is 19.2. The quantitative estimate of drug-likeness (QED) is 0.650. The van der Waals surface area contributed by atoms with Gasteiger partial charge in [0.25, 0.3) is 0 Å². The van der Waals surface area contributed by atoms with Crippen molar-refractivity contribution in [1.29, 1.82) is 0 Å². The van der Waals surface area contributed by atoms with Gasteiger partial charge in [-0.3, -0.25) is 0 Å². The maximum Gasteiger partial charge on any atom is 0.194 e. The molecule has 0 saturated heterocycles.